The Balaban J connectivity index is 1.81. The van der Waals surface area contributed by atoms with Gasteiger partial charge in [-0.3, -0.25) is 4.79 Å². The van der Waals surface area contributed by atoms with Gasteiger partial charge in [0.1, 0.15) is 5.78 Å². The molecule has 2 saturated heterocycles. The Hall–Kier alpha value is -0.410. The topological polar surface area (TPSA) is 29.5 Å². The molecule has 0 bridgehead atoms. The minimum atomic E-state index is 0.143. The van der Waals surface area contributed by atoms with Gasteiger partial charge in [-0.15, -0.1) is 0 Å². The average Bonchev–Trinajstić information content (AvgIpc) is 2.22. The van der Waals surface area contributed by atoms with E-state index in [9.17, 15) is 4.79 Å². The highest BCUT2D eigenvalue weighted by molar-refractivity contribution is 5.82. The Labute approximate surface area is 91.8 Å². The molecule has 2 fully saturated rings. The minimum absolute atomic E-state index is 0.143. The van der Waals surface area contributed by atoms with Crippen molar-refractivity contribution < 1.29 is 9.53 Å². The molecule has 2 aliphatic rings. The van der Waals surface area contributed by atoms with E-state index in [0.717, 1.165) is 25.6 Å². The van der Waals surface area contributed by atoms with Crippen LogP contribution in [-0.2, 0) is 9.53 Å². The Bertz CT molecular complexity index is 230. The normalized spacial score (nSPS) is 34.3. The molecule has 0 amide bonds. The standard InChI is InChI=1S/C12H21NO2/c1-10-3-2-5-13(7-10)8-11-9-15-6-4-12(11)14/h10-11H,2-9H2,1H3. The van der Waals surface area contributed by atoms with Crippen LogP contribution in [0.1, 0.15) is 26.2 Å². The van der Waals surface area contributed by atoms with Crippen LogP contribution in [0.2, 0.25) is 0 Å². The average molecular weight is 211 g/mol. The van der Waals surface area contributed by atoms with Gasteiger partial charge in [-0.25, -0.2) is 0 Å². The van der Waals surface area contributed by atoms with Crippen LogP contribution in [0.5, 0.6) is 0 Å². The van der Waals surface area contributed by atoms with Crippen molar-refractivity contribution in [3.05, 3.63) is 0 Å². The predicted octanol–water partition coefficient (Wildman–Crippen LogP) is 1.32. The van der Waals surface area contributed by atoms with Crippen LogP contribution >= 0.6 is 0 Å². The number of hydrogen-bond donors (Lipinski definition) is 0. The van der Waals surface area contributed by atoms with Crippen LogP contribution in [0.15, 0.2) is 0 Å². The van der Waals surface area contributed by atoms with E-state index in [4.69, 9.17) is 4.74 Å². The molecule has 0 aromatic rings. The summed E-state index contributed by atoms with van der Waals surface area (Å²) in [5, 5.41) is 0. The molecule has 2 unspecified atom stereocenters. The summed E-state index contributed by atoms with van der Waals surface area (Å²) in [5.74, 6) is 1.34. The number of carbonyl (C=O) groups is 1. The molecule has 3 heteroatoms. The SMILES string of the molecule is CC1CCCN(CC2COCCC2=O)C1. The zero-order valence-electron chi connectivity index (χ0n) is 9.58. The quantitative estimate of drug-likeness (QED) is 0.690. The second kappa shape index (κ2) is 5.08. The summed E-state index contributed by atoms with van der Waals surface area (Å²) in [6, 6.07) is 0. The molecule has 86 valence electrons. The fourth-order valence-electron chi connectivity index (χ4n) is 2.61. The minimum Gasteiger partial charge on any atom is -0.380 e. The van der Waals surface area contributed by atoms with E-state index in [2.05, 4.69) is 11.8 Å². The first kappa shape index (κ1) is 11.1. The van der Waals surface area contributed by atoms with Crippen molar-refractivity contribution in [2.75, 3.05) is 32.8 Å². The number of rotatable bonds is 2. The van der Waals surface area contributed by atoms with Gasteiger partial charge in [0.2, 0.25) is 0 Å². The van der Waals surface area contributed by atoms with Crippen LogP contribution in [0, 0.1) is 11.8 Å². The molecule has 0 radical (unpaired) electrons. The van der Waals surface area contributed by atoms with Gasteiger partial charge in [-0.2, -0.15) is 0 Å². The van der Waals surface area contributed by atoms with Crippen LogP contribution in [-0.4, -0.2) is 43.5 Å². The molecule has 2 atom stereocenters. The number of likely N-dealkylation sites (tertiary alicyclic amines) is 1. The van der Waals surface area contributed by atoms with E-state index in [1.54, 1.807) is 0 Å². The van der Waals surface area contributed by atoms with E-state index in [1.165, 1.54) is 12.8 Å². The van der Waals surface area contributed by atoms with Crippen LogP contribution in [0.4, 0.5) is 0 Å². The maximum Gasteiger partial charge on any atom is 0.141 e. The Morgan fingerprint density at radius 3 is 3.13 bits per heavy atom. The largest absolute Gasteiger partial charge is 0.380 e. The summed E-state index contributed by atoms with van der Waals surface area (Å²) in [5.41, 5.74) is 0. The van der Waals surface area contributed by atoms with Crippen LogP contribution < -0.4 is 0 Å². The summed E-state index contributed by atoms with van der Waals surface area (Å²) in [7, 11) is 0. The highest BCUT2D eigenvalue weighted by Gasteiger charge is 2.26. The van der Waals surface area contributed by atoms with Crippen molar-refractivity contribution in [3.8, 4) is 0 Å². The van der Waals surface area contributed by atoms with E-state index in [1.807, 2.05) is 0 Å². The van der Waals surface area contributed by atoms with E-state index in [-0.39, 0.29) is 5.92 Å². The molecule has 0 spiro atoms. The number of carbonyl (C=O) groups excluding carboxylic acids is 1. The van der Waals surface area contributed by atoms with Crippen molar-refractivity contribution in [2.45, 2.75) is 26.2 Å². The first-order valence-electron chi connectivity index (χ1n) is 6.08. The third-order valence-corrected chi connectivity index (χ3v) is 3.49. The van der Waals surface area contributed by atoms with Crippen molar-refractivity contribution in [2.24, 2.45) is 11.8 Å². The third kappa shape index (κ3) is 3.02. The summed E-state index contributed by atoms with van der Waals surface area (Å²) >= 11 is 0. The van der Waals surface area contributed by atoms with Gasteiger partial charge in [0.15, 0.2) is 0 Å². The maximum absolute atomic E-state index is 11.6. The van der Waals surface area contributed by atoms with Gasteiger partial charge in [-0.1, -0.05) is 6.92 Å². The molecule has 2 heterocycles. The molecule has 0 aliphatic carbocycles. The zero-order chi connectivity index (χ0) is 10.7. The lowest BCUT2D eigenvalue weighted by Crippen LogP contribution is -2.42. The lowest BCUT2D eigenvalue weighted by molar-refractivity contribution is -0.131. The molecule has 15 heavy (non-hydrogen) atoms. The zero-order valence-corrected chi connectivity index (χ0v) is 9.58. The number of ketones is 1. The maximum atomic E-state index is 11.6. The molecule has 2 rings (SSSR count). The highest BCUT2D eigenvalue weighted by atomic mass is 16.5. The van der Waals surface area contributed by atoms with E-state index < -0.39 is 0 Å². The van der Waals surface area contributed by atoms with Crippen molar-refractivity contribution in [3.63, 3.8) is 0 Å². The Morgan fingerprint density at radius 2 is 2.40 bits per heavy atom. The lowest BCUT2D eigenvalue weighted by Gasteiger charge is -2.34. The summed E-state index contributed by atoms with van der Waals surface area (Å²) in [6.07, 6.45) is 3.24. The van der Waals surface area contributed by atoms with Gasteiger partial charge >= 0.3 is 0 Å². The molecule has 0 saturated carbocycles. The van der Waals surface area contributed by atoms with Crippen LogP contribution in [0.25, 0.3) is 0 Å². The number of hydrogen-bond acceptors (Lipinski definition) is 3. The summed E-state index contributed by atoms with van der Waals surface area (Å²) < 4.78 is 5.37. The summed E-state index contributed by atoms with van der Waals surface area (Å²) in [6.45, 7) is 6.81. The van der Waals surface area contributed by atoms with Crippen molar-refractivity contribution in [1.82, 2.24) is 4.90 Å². The number of nitrogens with zero attached hydrogens (tertiary/aromatic N) is 1. The molecule has 3 nitrogen and oxygen atoms in total. The Morgan fingerprint density at radius 1 is 1.53 bits per heavy atom. The third-order valence-electron chi connectivity index (χ3n) is 3.49. The van der Waals surface area contributed by atoms with Gasteiger partial charge in [-0.05, 0) is 25.3 Å². The predicted molar refractivity (Wildman–Crippen MR) is 58.8 cm³/mol. The molecule has 0 aromatic heterocycles. The van der Waals surface area contributed by atoms with E-state index >= 15 is 0 Å². The molecular formula is C12H21NO2. The number of ether oxygens (including phenoxy) is 1. The lowest BCUT2D eigenvalue weighted by atomic mass is 9.96. The van der Waals surface area contributed by atoms with Gasteiger partial charge in [0.05, 0.1) is 19.1 Å². The van der Waals surface area contributed by atoms with E-state index in [0.29, 0.717) is 25.4 Å². The first-order chi connectivity index (χ1) is 7.25. The second-order valence-electron chi connectivity index (χ2n) is 5.00. The van der Waals surface area contributed by atoms with Crippen molar-refractivity contribution in [1.29, 1.82) is 0 Å². The number of piperidine rings is 1. The highest BCUT2D eigenvalue weighted by Crippen LogP contribution is 2.18. The molecular weight excluding hydrogens is 190 g/mol. The molecule has 0 aromatic carbocycles. The fourth-order valence-corrected chi connectivity index (χ4v) is 2.61. The monoisotopic (exact) mass is 211 g/mol. The second-order valence-corrected chi connectivity index (χ2v) is 5.00. The van der Waals surface area contributed by atoms with Gasteiger partial charge < -0.3 is 9.64 Å². The smallest absolute Gasteiger partial charge is 0.141 e. The van der Waals surface area contributed by atoms with Crippen LogP contribution in [0.3, 0.4) is 0 Å². The van der Waals surface area contributed by atoms with Crippen molar-refractivity contribution >= 4 is 5.78 Å². The molecule has 0 N–H and O–H groups in total. The summed E-state index contributed by atoms with van der Waals surface area (Å²) in [4.78, 5) is 14.1. The van der Waals surface area contributed by atoms with Gasteiger partial charge in [0.25, 0.3) is 0 Å². The molecule has 2 aliphatic heterocycles. The fraction of sp³-hybridized carbons (Fsp3) is 0.917. The Kier molecular flexibility index (Phi) is 3.76. The number of Topliss-reactive ketones (excluding diaryl/α,β-unsaturated/α-hetero) is 1. The van der Waals surface area contributed by atoms with Gasteiger partial charge in [0, 0.05) is 19.5 Å². The first-order valence-corrected chi connectivity index (χ1v) is 6.08.